The monoisotopic (exact) mass is 291 g/mol. The van der Waals surface area contributed by atoms with Crippen LogP contribution in [0, 0.1) is 0 Å². The summed E-state index contributed by atoms with van der Waals surface area (Å²) in [4.78, 5) is 23.4. The molecule has 20 heavy (non-hydrogen) atoms. The smallest absolute Gasteiger partial charge is 0.417 e. The van der Waals surface area contributed by atoms with E-state index in [0.29, 0.717) is 18.7 Å². The van der Waals surface area contributed by atoms with Crippen molar-refractivity contribution in [3.05, 3.63) is 34.2 Å². The molecule has 0 saturated heterocycles. The molecule has 0 aromatic carbocycles. The van der Waals surface area contributed by atoms with Gasteiger partial charge >= 0.3 is 12.1 Å². The molecule has 1 aromatic heterocycles. The van der Waals surface area contributed by atoms with E-state index in [1.54, 1.807) is 13.8 Å². The summed E-state index contributed by atoms with van der Waals surface area (Å²) in [5.41, 5.74) is -1.67. The van der Waals surface area contributed by atoms with Gasteiger partial charge in [0.25, 0.3) is 5.56 Å². The SMILES string of the molecule is CCC(C)OC(=O)C(C)n1cc(C(F)(F)F)ccc1=O. The van der Waals surface area contributed by atoms with Crippen molar-refractivity contribution in [2.45, 2.75) is 45.5 Å². The first-order valence-corrected chi connectivity index (χ1v) is 6.16. The van der Waals surface area contributed by atoms with Crippen LogP contribution in [-0.4, -0.2) is 16.6 Å². The van der Waals surface area contributed by atoms with E-state index in [9.17, 15) is 22.8 Å². The largest absolute Gasteiger partial charge is 0.461 e. The summed E-state index contributed by atoms with van der Waals surface area (Å²) in [6, 6.07) is 0.361. The lowest BCUT2D eigenvalue weighted by atomic mass is 10.2. The van der Waals surface area contributed by atoms with Crippen LogP contribution in [0.2, 0.25) is 0 Å². The zero-order chi connectivity index (χ0) is 15.5. The second-order valence-electron chi connectivity index (χ2n) is 4.49. The van der Waals surface area contributed by atoms with Gasteiger partial charge < -0.3 is 9.30 Å². The summed E-state index contributed by atoms with van der Waals surface area (Å²) in [5.74, 6) is -0.735. The molecule has 112 valence electrons. The highest BCUT2D eigenvalue weighted by molar-refractivity contribution is 5.73. The number of pyridine rings is 1. The van der Waals surface area contributed by atoms with E-state index < -0.39 is 29.3 Å². The van der Waals surface area contributed by atoms with Crippen LogP contribution in [-0.2, 0) is 15.7 Å². The third kappa shape index (κ3) is 3.85. The van der Waals surface area contributed by atoms with Crippen molar-refractivity contribution in [3.63, 3.8) is 0 Å². The summed E-state index contributed by atoms with van der Waals surface area (Å²) in [6.07, 6.45) is -3.72. The van der Waals surface area contributed by atoms with Crippen LogP contribution in [0.15, 0.2) is 23.1 Å². The maximum absolute atomic E-state index is 12.6. The number of carbonyl (C=O) groups is 1. The van der Waals surface area contributed by atoms with Crippen LogP contribution >= 0.6 is 0 Å². The maximum atomic E-state index is 12.6. The Morgan fingerprint density at radius 3 is 2.45 bits per heavy atom. The third-order valence-electron chi connectivity index (χ3n) is 2.92. The lowest BCUT2D eigenvalue weighted by molar-refractivity contribution is -0.152. The number of rotatable bonds is 4. The highest BCUT2D eigenvalue weighted by Gasteiger charge is 2.32. The molecule has 0 saturated carbocycles. The van der Waals surface area contributed by atoms with E-state index in [1.165, 1.54) is 6.92 Å². The summed E-state index contributed by atoms with van der Waals surface area (Å²) < 4.78 is 43.5. The van der Waals surface area contributed by atoms with Gasteiger partial charge in [-0.05, 0) is 26.3 Å². The lowest BCUT2D eigenvalue weighted by Gasteiger charge is -2.18. The number of halogens is 3. The fraction of sp³-hybridized carbons (Fsp3) is 0.538. The van der Waals surface area contributed by atoms with Crippen LogP contribution in [0.1, 0.15) is 38.8 Å². The predicted octanol–water partition coefficient (Wildman–Crippen LogP) is 2.77. The van der Waals surface area contributed by atoms with Gasteiger partial charge in [0.15, 0.2) is 0 Å². The molecule has 2 unspecified atom stereocenters. The number of carbonyl (C=O) groups excluding carboxylic acids is 1. The molecule has 1 heterocycles. The van der Waals surface area contributed by atoms with Crippen molar-refractivity contribution < 1.29 is 22.7 Å². The topological polar surface area (TPSA) is 48.3 Å². The summed E-state index contributed by atoms with van der Waals surface area (Å²) >= 11 is 0. The standard InChI is InChI=1S/C13H16F3NO3/c1-4-8(2)20-12(19)9(3)17-7-10(13(14,15)16)5-6-11(17)18/h5-9H,4H2,1-3H3. The van der Waals surface area contributed by atoms with E-state index in [1.807, 2.05) is 0 Å². The predicted molar refractivity (Wildman–Crippen MR) is 66.3 cm³/mol. The molecule has 0 aliphatic heterocycles. The quantitative estimate of drug-likeness (QED) is 0.801. The molecule has 0 aliphatic rings. The highest BCUT2D eigenvalue weighted by Crippen LogP contribution is 2.28. The third-order valence-corrected chi connectivity index (χ3v) is 2.92. The minimum Gasteiger partial charge on any atom is -0.461 e. The van der Waals surface area contributed by atoms with Gasteiger partial charge in [-0.1, -0.05) is 6.92 Å². The Bertz CT molecular complexity index is 536. The van der Waals surface area contributed by atoms with Gasteiger partial charge in [0.1, 0.15) is 6.04 Å². The van der Waals surface area contributed by atoms with Crippen LogP contribution in [0.25, 0.3) is 0 Å². The van der Waals surface area contributed by atoms with E-state index in [0.717, 1.165) is 10.6 Å². The first-order chi connectivity index (χ1) is 9.16. The van der Waals surface area contributed by atoms with Crippen LogP contribution < -0.4 is 5.56 Å². The summed E-state index contributed by atoms with van der Waals surface area (Å²) in [7, 11) is 0. The molecule has 7 heteroatoms. The number of hydrogen-bond donors (Lipinski definition) is 0. The second kappa shape index (κ2) is 6.11. The van der Waals surface area contributed by atoms with Crippen LogP contribution in [0.4, 0.5) is 13.2 Å². The van der Waals surface area contributed by atoms with E-state index in [-0.39, 0.29) is 6.10 Å². The van der Waals surface area contributed by atoms with E-state index in [2.05, 4.69) is 0 Å². The molecule has 0 bridgehead atoms. The minimum atomic E-state index is -4.57. The molecular formula is C13H16F3NO3. The Balaban J connectivity index is 3.06. The number of hydrogen-bond acceptors (Lipinski definition) is 3. The molecule has 4 nitrogen and oxygen atoms in total. The van der Waals surface area contributed by atoms with Gasteiger partial charge in [0.05, 0.1) is 11.7 Å². The van der Waals surface area contributed by atoms with Crippen molar-refractivity contribution in [2.24, 2.45) is 0 Å². The normalized spacial score (nSPS) is 14.7. The van der Waals surface area contributed by atoms with Gasteiger partial charge in [-0.15, -0.1) is 0 Å². The van der Waals surface area contributed by atoms with Gasteiger partial charge in [-0.25, -0.2) is 4.79 Å². The van der Waals surface area contributed by atoms with Gasteiger partial charge in [0.2, 0.25) is 0 Å². The first-order valence-electron chi connectivity index (χ1n) is 6.16. The Kier molecular flexibility index (Phi) is 4.97. The molecule has 0 radical (unpaired) electrons. The second-order valence-corrected chi connectivity index (χ2v) is 4.49. The molecule has 0 spiro atoms. The number of alkyl halides is 3. The van der Waals surface area contributed by atoms with Gasteiger partial charge in [0, 0.05) is 12.3 Å². The maximum Gasteiger partial charge on any atom is 0.417 e. The van der Waals surface area contributed by atoms with Crippen molar-refractivity contribution in [1.29, 1.82) is 0 Å². The Hall–Kier alpha value is -1.79. The molecular weight excluding hydrogens is 275 g/mol. The highest BCUT2D eigenvalue weighted by atomic mass is 19.4. The van der Waals surface area contributed by atoms with Crippen molar-refractivity contribution in [3.8, 4) is 0 Å². The molecule has 0 aliphatic carbocycles. The fourth-order valence-corrected chi connectivity index (χ4v) is 1.47. The zero-order valence-electron chi connectivity index (χ0n) is 11.4. The van der Waals surface area contributed by atoms with Gasteiger partial charge in [-0.3, -0.25) is 4.79 Å². The van der Waals surface area contributed by atoms with Crippen molar-refractivity contribution >= 4 is 5.97 Å². The number of ether oxygens (including phenoxy) is 1. The summed E-state index contributed by atoms with van der Waals surface area (Å²) in [5, 5.41) is 0. The number of aromatic nitrogens is 1. The van der Waals surface area contributed by atoms with E-state index >= 15 is 0 Å². The lowest BCUT2D eigenvalue weighted by Crippen LogP contribution is -2.31. The average molecular weight is 291 g/mol. The Morgan fingerprint density at radius 1 is 1.35 bits per heavy atom. The zero-order valence-corrected chi connectivity index (χ0v) is 11.4. The molecule has 1 aromatic rings. The van der Waals surface area contributed by atoms with Crippen molar-refractivity contribution in [2.75, 3.05) is 0 Å². The van der Waals surface area contributed by atoms with Crippen LogP contribution in [0.3, 0.4) is 0 Å². The van der Waals surface area contributed by atoms with E-state index in [4.69, 9.17) is 4.74 Å². The molecule has 2 atom stereocenters. The van der Waals surface area contributed by atoms with Crippen LogP contribution in [0.5, 0.6) is 0 Å². The molecule has 1 rings (SSSR count). The number of esters is 1. The summed E-state index contributed by atoms with van der Waals surface area (Å²) in [6.45, 7) is 4.80. The average Bonchev–Trinajstić information content (AvgIpc) is 2.36. The minimum absolute atomic E-state index is 0.355. The molecule has 0 amide bonds. The van der Waals surface area contributed by atoms with Crippen molar-refractivity contribution in [1.82, 2.24) is 4.57 Å². The fourth-order valence-electron chi connectivity index (χ4n) is 1.47. The Morgan fingerprint density at radius 2 is 1.95 bits per heavy atom. The van der Waals surface area contributed by atoms with Gasteiger partial charge in [-0.2, -0.15) is 13.2 Å². The first kappa shape index (κ1) is 16.3. The molecule has 0 fully saturated rings. The Labute approximate surface area is 114 Å². The number of nitrogens with zero attached hydrogens (tertiary/aromatic N) is 1. The molecule has 0 N–H and O–H groups in total.